The first-order valence-corrected chi connectivity index (χ1v) is 7.93. The zero-order valence-electron chi connectivity index (χ0n) is 13.7. The second-order valence-corrected chi connectivity index (χ2v) is 5.98. The van der Waals surface area contributed by atoms with Crippen molar-refractivity contribution >= 4 is 17.5 Å². The quantitative estimate of drug-likeness (QED) is 0.941. The van der Waals surface area contributed by atoms with Gasteiger partial charge in [-0.05, 0) is 43.2 Å². The number of carbonyl (C=O) groups excluding carboxylic acids is 2. The molecular weight excluding hydrogens is 307 g/mol. The van der Waals surface area contributed by atoms with E-state index in [-0.39, 0.29) is 17.6 Å². The Hall–Kier alpha value is -2.69. The molecule has 0 radical (unpaired) electrons. The molecule has 1 unspecified atom stereocenters. The first-order chi connectivity index (χ1) is 11.5. The Balaban J connectivity index is 1.77. The van der Waals surface area contributed by atoms with Gasteiger partial charge in [-0.15, -0.1) is 0 Å². The van der Waals surface area contributed by atoms with Gasteiger partial charge in [0.25, 0.3) is 5.91 Å². The van der Waals surface area contributed by atoms with Crippen LogP contribution in [0, 0.1) is 5.82 Å². The van der Waals surface area contributed by atoms with Crippen molar-refractivity contribution in [3.63, 3.8) is 0 Å². The molecule has 2 aromatic carbocycles. The Morgan fingerprint density at radius 1 is 1.21 bits per heavy atom. The highest BCUT2D eigenvalue weighted by Gasteiger charge is 2.23. The van der Waals surface area contributed by atoms with Gasteiger partial charge in [-0.1, -0.05) is 18.2 Å². The van der Waals surface area contributed by atoms with Crippen molar-refractivity contribution < 1.29 is 14.0 Å². The van der Waals surface area contributed by atoms with Crippen LogP contribution in [0.4, 0.5) is 10.1 Å². The van der Waals surface area contributed by atoms with Gasteiger partial charge in [0, 0.05) is 30.3 Å². The zero-order chi connectivity index (χ0) is 17.3. The summed E-state index contributed by atoms with van der Waals surface area (Å²) in [5, 5.41) is 2.82. The molecule has 2 aromatic rings. The summed E-state index contributed by atoms with van der Waals surface area (Å²) < 4.78 is 13.8. The van der Waals surface area contributed by atoms with E-state index in [9.17, 15) is 14.0 Å². The largest absolute Gasteiger partial charge is 0.345 e. The van der Waals surface area contributed by atoms with Crippen LogP contribution in [0.3, 0.4) is 0 Å². The van der Waals surface area contributed by atoms with Crippen LogP contribution in [0.15, 0.2) is 42.5 Å². The van der Waals surface area contributed by atoms with Crippen LogP contribution in [0.1, 0.15) is 41.4 Å². The van der Waals surface area contributed by atoms with E-state index >= 15 is 0 Å². The Morgan fingerprint density at radius 2 is 1.96 bits per heavy atom. The minimum Gasteiger partial charge on any atom is -0.345 e. The third-order valence-electron chi connectivity index (χ3n) is 4.34. The Morgan fingerprint density at radius 3 is 2.67 bits per heavy atom. The number of amides is 2. The standard InChI is InChI=1S/C19H19FN2O2/c1-12(16-5-3-4-6-17(16)20)21-19(24)15-7-8-18-14(11-15)9-10-22(18)13(2)23/h3-8,11-12H,9-10H2,1-2H3,(H,21,24). The predicted octanol–water partition coefficient (Wildman–Crippen LogP) is 3.23. The lowest BCUT2D eigenvalue weighted by Gasteiger charge is -2.17. The fourth-order valence-corrected chi connectivity index (χ4v) is 3.05. The zero-order valence-corrected chi connectivity index (χ0v) is 13.7. The Labute approximate surface area is 140 Å². The van der Waals surface area contributed by atoms with Crippen molar-refractivity contribution in [1.82, 2.24) is 5.32 Å². The summed E-state index contributed by atoms with van der Waals surface area (Å²) >= 11 is 0. The molecule has 0 spiro atoms. The van der Waals surface area contributed by atoms with Crippen LogP contribution < -0.4 is 10.2 Å². The number of rotatable bonds is 3. The fourth-order valence-electron chi connectivity index (χ4n) is 3.05. The van der Waals surface area contributed by atoms with E-state index in [0.717, 1.165) is 17.7 Å². The Kier molecular flexibility index (Phi) is 4.34. The molecule has 124 valence electrons. The smallest absolute Gasteiger partial charge is 0.251 e. The molecule has 1 atom stereocenters. The number of fused-ring (bicyclic) bond motifs is 1. The normalized spacial score (nSPS) is 14.2. The number of anilines is 1. The lowest BCUT2D eigenvalue weighted by Crippen LogP contribution is -2.27. The van der Waals surface area contributed by atoms with Crippen LogP contribution in [-0.4, -0.2) is 18.4 Å². The van der Waals surface area contributed by atoms with Gasteiger partial charge >= 0.3 is 0 Å². The van der Waals surface area contributed by atoms with Gasteiger partial charge in [0.15, 0.2) is 0 Å². The van der Waals surface area contributed by atoms with E-state index in [1.54, 1.807) is 42.2 Å². The maximum Gasteiger partial charge on any atom is 0.251 e. The summed E-state index contributed by atoms with van der Waals surface area (Å²) in [7, 11) is 0. The van der Waals surface area contributed by atoms with Crippen molar-refractivity contribution in [2.24, 2.45) is 0 Å². The van der Waals surface area contributed by atoms with E-state index < -0.39 is 6.04 Å². The molecule has 3 rings (SSSR count). The van der Waals surface area contributed by atoms with Crippen LogP contribution in [0.5, 0.6) is 0 Å². The van der Waals surface area contributed by atoms with E-state index in [1.165, 1.54) is 13.0 Å². The number of nitrogens with one attached hydrogen (secondary N) is 1. The fraction of sp³-hybridized carbons (Fsp3) is 0.263. The molecule has 1 aliphatic heterocycles. The molecule has 0 bridgehead atoms. The molecule has 0 aliphatic carbocycles. The van der Waals surface area contributed by atoms with E-state index in [2.05, 4.69) is 5.32 Å². The average molecular weight is 326 g/mol. The minimum absolute atomic E-state index is 0.000809. The van der Waals surface area contributed by atoms with Gasteiger partial charge in [-0.25, -0.2) is 4.39 Å². The van der Waals surface area contributed by atoms with E-state index in [1.807, 2.05) is 6.07 Å². The van der Waals surface area contributed by atoms with E-state index in [4.69, 9.17) is 0 Å². The first-order valence-electron chi connectivity index (χ1n) is 7.93. The maximum atomic E-state index is 13.8. The minimum atomic E-state index is -0.430. The number of carbonyl (C=O) groups is 2. The summed E-state index contributed by atoms with van der Waals surface area (Å²) in [6, 6.07) is 11.3. The van der Waals surface area contributed by atoms with Gasteiger partial charge < -0.3 is 10.2 Å². The van der Waals surface area contributed by atoms with Crippen LogP contribution in [-0.2, 0) is 11.2 Å². The summed E-state index contributed by atoms with van der Waals surface area (Å²) in [5.74, 6) is -0.592. The first kappa shape index (κ1) is 16.2. The summed E-state index contributed by atoms with van der Waals surface area (Å²) in [5.41, 5.74) is 2.81. The van der Waals surface area contributed by atoms with Gasteiger partial charge in [0.1, 0.15) is 5.82 Å². The summed E-state index contributed by atoms with van der Waals surface area (Å²) in [6.45, 7) is 3.92. The topological polar surface area (TPSA) is 49.4 Å². The average Bonchev–Trinajstić information content (AvgIpc) is 2.98. The molecule has 0 saturated carbocycles. The van der Waals surface area contributed by atoms with Crippen molar-refractivity contribution in [2.45, 2.75) is 26.3 Å². The SMILES string of the molecule is CC(=O)N1CCc2cc(C(=O)NC(C)c3ccccc3F)ccc21. The van der Waals surface area contributed by atoms with Crippen LogP contribution >= 0.6 is 0 Å². The molecule has 4 nitrogen and oxygen atoms in total. The molecule has 1 aliphatic rings. The van der Waals surface area contributed by atoms with Crippen molar-refractivity contribution in [3.05, 3.63) is 65.0 Å². The molecule has 0 fully saturated rings. The van der Waals surface area contributed by atoms with Gasteiger partial charge in [-0.3, -0.25) is 9.59 Å². The van der Waals surface area contributed by atoms with Gasteiger partial charge in [0.2, 0.25) is 5.91 Å². The van der Waals surface area contributed by atoms with E-state index in [0.29, 0.717) is 17.7 Å². The molecule has 1 heterocycles. The monoisotopic (exact) mass is 326 g/mol. The third-order valence-corrected chi connectivity index (χ3v) is 4.34. The highest BCUT2D eigenvalue weighted by atomic mass is 19.1. The van der Waals surface area contributed by atoms with Crippen LogP contribution in [0.25, 0.3) is 0 Å². The van der Waals surface area contributed by atoms with Gasteiger partial charge in [-0.2, -0.15) is 0 Å². The Bertz CT molecular complexity index is 804. The van der Waals surface area contributed by atoms with Crippen molar-refractivity contribution in [1.29, 1.82) is 0 Å². The third kappa shape index (κ3) is 3.02. The van der Waals surface area contributed by atoms with Gasteiger partial charge in [0.05, 0.1) is 6.04 Å². The lowest BCUT2D eigenvalue weighted by molar-refractivity contribution is -0.116. The number of nitrogens with zero attached hydrogens (tertiary/aromatic N) is 1. The molecule has 1 N–H and O–H groups in total. The highest BCUT2D eigenvalue weighted by Crippen LogP contribution is 2.29. The highest BCUT2D eigenvalue weighted by molar-refractivity contribution is 5.98. The maximum absolute atomic E-state index is 13.8. The molecule has 0 aromatic heterocycles. The molecule has 2 amide bonds. The molecule has 5 heteroatoms. The second-order valence-electron chi connectivity index (χ2n) is 5.98. The number of hydrogen-bond donors (Lipinski definition) is 1. The van der Waals surface area contributed by atoms with Crippen molar-refractivity contribution in [3.8, 4) is 0 Å². The second kappa shape index (κ2) is 6.43. The van der Waals surface area contributed by atoms with Crippen LogP contribution in [0.2, 0.25) is 0 Å². The predicted molar refractivity (Wildman–Crippen MR) is 90.5 cm³/mol. The number of halogens is 1. The lowest BCUT2D eigenvalue weighted by atomic mass is 10.1. The number of hydrogen-bond acceptors (Lipinski definition) is 2. The van der Waals surface area contributed by atoms with Crippen molar-refractivity contribution in [2.75, 3.05) is 11.4 Å². The molecule has 0 saturated heterocycles. The summed E-state index contributed by atoms with van der Waals surface area (Å²) in [4.78, 5) is 25.7. The summed E-state index contributed by atoms with van der Waals surface area (Å²) in [6.07, 6.45) is 0.735. The molecular formula is C19H19FN2O2. The number of benzene rings is 2. The molecule has 24 heavy (non-hydrogen) atoms.